The lowest BCUT2D eigenvalue weighted by molar-refractivity contribution is -0.122. The third kappa shape index (κ3) is 31.5. The fourth-order valence-electron chi connectivity index (χ4n) is 3.29. The van der Waals surface area contributed by atoms with Gasteiger partial charge in [0, 0.05) is 36.5 Å². The van der Waals surface area contributed by atoms with Gasteiger partial charge in [-0.3, -0.25) is 4.79 Å². The number of carboxylic acid groups (broad SMARTS) is 1. The summed E-state index contributed by atoms with van der Waals surface area (Å²) in [5.41, 5.74) is 7.60. The molecule has 0 saturated heterocycles. The van der Waals surface area contributed by atoms with E-state index < -0.39 is 11.6 Å². The predicted octanol–water partition coefficient (Wildman–Crippen LogP) is 1.73. The van der Waals surface area contributed by atoms with Crippen molar-refractivity contribution in [2.45, 2.75) is 32.7 Å². The molecule has 45 heavy (non-hydrogen) atoms. The van der Waals surface area contributed by atoms with Gasteiger partial charge >= 0.3 is 6.09 Å². The highest BCUT2D eigenvalue weighted by Crippen LogP contribution is 2.12. The SMILES string of the molecule is CC(C)(C)N(CCNC(=O)CCOCCOCCOCCOCCOCCOCCOCCOCCOCCN=[N+]=[N-])C(=O)O. The van der Waals surface area contributed by atoms with E-state index in [0.29, 0.717) is 119 Å². The normalized spacial score (nSPS) is 11.4. The first-order chi connectivity index (χ1) is 21.8. The van der Waals surface area contributed by atoms with E-state index in [1.165, 1.54) is 4.90 Å². The van der Waals surface area contributed by atoms with Gasteiger partial charge in [-0.25, -0.2) is 4.79 Å². The van der Waals surface area contributed by atoms with Crippen molar-refractivity contribution < 1.29 is 57.3 Å². The number of carbonyl (C=O) groups is 2. The molecule has 0 aromatic heterocycles. The highest BCUT2D eigenvalue weighted by atomic mass is 16.6. The lowest BCUT2D eigenvalue weighted by Gasteiger charge is -2.33. The van der Waals surface area contributed by atoms with Crippen LogP contribution in [0.2, 0.25) is 0 Å². The molecule has 264 valence electrons. The highest BCUT2D eigenvalue weighted by molar-refractivity contribution is 5.76. The summed E-state index contributed by atoms with van der Waals surface area (Å²) in [4.78, 5) is 27.1. The Morgan fingerprint density at radius 2 is 0.978 bits per heavy atom. The summed E-state index contributed by atoms with van der Waals surface area (Å²) < 4.78 is 48.5. The average molecular weight is 654 g/mol. The van der Waals surface area contributed by atoms with Crippen LogP contribution in [0.5, 0.6) is 0 Å². The van der Waals surface area contributed by atoms with Gasteiger partial charge in [0.15, 0.2) is 0 Å². The summed E-state index contributed by atoms with van der Waals surface area (Å²) >= 11 is 0. The lowest BCUT2D eigenvalue weighted by atomic mass is 10.1. The van der Waals surface area contributed by atoms with E-state index >= 15 is 0 Å². The first-order valence-electron chi connectivity index (χ1n) is 15.3. The molecule has 17 nitrogen and oxygen atoms in total. The molecule has 0 heterocycles. The molecule has 2 amide bonds. The molecule has 0 spiro atoms. The number of hydrogen-bond donors (Lipinski definition) is 2. The molecule has 0 aliphatic rings. The molecule has 0 fully saturated rings. The van der Waals surface area contributed by atoms with Gasteiger partial charge in [0.05, 0.1) is 119 Å². The molecule has 0 atom stereocenters. The van der Waals surface area contributed by atoms with Gasteiger partial charge in [0.1, 0.15) is 0 Å². The number of rotatable bonds is 33. The maximum atomic E-state index is 11.9. The largest absolute Gasteiger partial charge is 0.465 e. The quantitative estimate of drug-likeness (QED) is 0.0450. The van der Waals surface area contributed by atoms with Crippen LogP contribution in [-0.4, -0.2) is 166 Å². The zero-order chi connectivity index (χ0) is 33.3. The number of nitrogens with zero attached hydrogens (tertiary/aromatic N) is 4. The van der Waals surface area contributed by atoms with Crippen LogP contribution in [0.1, 0.15) is 27.2 Å². The maximum Gasteiger partial charge on any atom is 0.407 e. The highest BCUT2D eigenvalue weighted by Gasteiger charge is 2.25. The van der Waals surface area contributed by atoms with Crippen molar-refractivity contribution in [2.75, 3.05) is 139 Å². The first kappa shape index (κ1) is 42.7. The van der Waals surface area contributed by atoms with E-state index in [0.717, 1.165) is 0 Å². The van der Waals surface area contributed by atoms with Crippen LogP contribution in [-0.2, 0) is 47.4 Å². The number of nitrogens with one attached hydrogen (secondary N) is 1. The predicted molar refractivity (Wildman–Crippen MR) is 163 cm³/mol. The standard InChI is InChI=1S/C28H55N5O12/c1-28(2,3)33(27(35)36)7-5-30-26(34)4-8-37-10-12-39-14-16-41-18-20-43-22-24-45-25-23-44-21-19-42-17-15-40-13-11-38-9-6-31-32-29/h4-25H2,1-3H3,(H,30,34)(H,35,36). The zero-order valence-electron chi connectivity index (χ0n) is 27.3. The van der Waals surface area contributed by atoms with Crippen LogP contribution < -0.4 is 5.32 Å². The van der Waals surface area contributed by atoms with Gasteiger partial charge in [0.25, 0.3) is 0 Å². The molecule has 0 saturated carbocycles. The number of carbonyl (C=O) groups excluding carboxylic acids is 1. The van der Waals surface area contributed by atoms with Crippen LogP contribution >= 0.6 is 0 Å². The monoisotopic (exact) mass is 653 g/mol. The first-order valence-corrected chi connectivity index (χ1v) is 15.3. The fraction of sp³-hybridized carbons (Fsp3) is 0.929. The Labute approximate surface area is 266 Å². The summed E-state index contributed by atoms with van der Waals surface area (Å²) in [7, 11) is 0. The second-order valence-corrected chi connectivity index (χ2v) is 10.2. The molecule has 0 radical (unpaired) electrons. The summed E-state index contributed by atoms with van der Waals surface area (Å²) in [5, 5.41) is 15.3. The Balaban J connectivity index is 3.24. The van der Waals surface area contributed by atoms with Crippen molar-refractivity contribution >= 4 is 12.0 Å². The van der Waals surface area contributed by atoms with Gasteiger partial charge in [-0.15, -0.1) is 0 Å². The molecule has 17 heteroatoms. The Morgan fingerprint density at radius 1 is 0.644 bits per heavy atom. The van der Waals surface area contributed by atoms with E-state index in [9.17, 15) is 14.7 Å². The Hall–Kier alpha value is -2.31. The van der Waals surface area contributed by atoms with Gasteiger partial charge < -0.3 is 58.0 Å². The van der Waals surface area contributed by atoms with Crippen LogP contribution in [0.25, 0.3) is 10.4 Å². The van der Waals surface area contributed by atoms with Crippen LogP contribution in [0.3, 0.4) is 0 Å². The van der Waals surface area contributed by atoms with Crippen molar-refractivity contribution in [1.82, 2.24) is 10.2 Å². The van der Waals surface area contributed by atoms with Crippen molar-refractivity contribution in [3.8, 4) is 0 Å². The molecule has 0 aliphatic heterocycles. The third-order valence-corrected chi connectivity index (χ3v) is 5.55. The second-order valence-electron chi connectivity index (χ2n) is 10.2. The lowest BCUT2D eigenvalue weighted by Crippen LogP contribution is -2.48. The summed E-state index contributed by atoms with van der Waals surface area (Å²) in [6, 6.07) is 0. The molecule has 0 aromatic rings. The van der Waals surface area contributed by atoms with Crippen LogP contribution in [0.15, 0.2) is 5.11 Å². The number of azide groups is 1. The minimum Gasteiger partial charge on any atom is -0.465 e. The topological polar surface area (TPSA) is 201 Å². The molecule has 0 unspecified atom stereocenters. The zero-order valence-corrected chi connectivity index (χ0v) is 27.3. The fourth-order valence-corrected chi connectivity index (χ4v) is 3.29. The van der Waals surface area contributed by atoms with Crippen LogP contribution in [0, 0.1) is 0 Å². The number of hydrogen-bond acceptors (Lipinski definition) is 12. The third-order valence-electron chi connectivity index (χ3n) is 5.55. The van der Waals surface area contributed by atoms with Gasteiger partial charge in [-0.1, -0.05) is 5.11 Å². The number of ether oxygens (including phenoxy) is 9. The van der Waals surface area contributed by atoms with Crippen molar-refractivity contribution in [3.63, 3.8) is 0 Å². The van der Waals surface area contributed by atoms with Crippen LogP contribution in [0.4, 0.5) is 4.79 Å². The molecular formula is C28H55N5O12. The second kappa shape index (κ2) is 31.7. The molecular weight excluding hydrogens is 598 g/mol. The molecule has 2 N–H and O–H groups in total. The molecule has 0 rings (SSSR count). The van der Waals surface area contributed by atoms with E-state index in [1.54, 1.807) is 20.8 Å². The number of amides is 2. The summed E-state index contributed by atoms with van der Waals surface area (Å²) in [6.07, 6.45) is -0.821. The summed E-state index contributed by atoms with van der Waals surface area (Å²) in [6.45, 7) is 14.1. The minimum absolute atomic E-state index is 0.191. The Kier molecular flexibility index (Phi) is 30.0. The Morgan fingerprint density at radius 3 is 1.29 bits per heavy atom. The van der Waals surface area contributed by atoms with Gasteiger partial charge in [-0.05, 0) is 26.3 Å². The van der Waals surface area contributed by atoms with E-state index in [-0.39, 0.29) is 32.0 Å². The Bertz CT molecular complexity index is 754. The minimum atomic E-state index is -1.02. The molecule has 0 aliphatic carbocycles. The van der Waals surface area contributed by atoms with E-state index in [2.05, 4.69) is 15.3 Å². The van der Waals surface area contributed by atoms with Crippen molar-refractivity contribution in [2.24, 2.45) is 5.11 Å². The van der Waals surface area contributed by atoms with Crippen molar-refractivity contribution in [3.05, 3.63) is 10.4 Å². The maximum absolute atomic E-state index is 11.9. The summed E-state index contributed by atoms with van der Waals surface area (Å²) in [5.74, 6) is -0.191. The molecule has 0 aromatic carbocycles. The van der Waals surface area contributed by atoms with Gasteiger partial charge in [-0.2, -0.15) is 0 Å². The van der Waals surface area contributed by atoms with Crippen molar-refractivity contribution in [1.29, 1.82) is 0 Å². The average Bonchev–Trinajstić information content (AvgIpc) is 2.99. The smallest absolute Gasteiger partial charge is 0.407 e. The van der Waals surface area contributed by atoms with Gasteiger partial charge in [0.2, 0.25) is 5.91 Å². The molecule has 0 bridgehead atoms. The van der Waals surface area contributed by atoms with E-state index in [4.69, 9.17) is 48.2 Å². The van der Waals surface area contributed by atoms with E-state index in [1.807, 2.05) is 0 Å².